The molecule has 0 spiro atoms. The zero-order valence-corrected chi connectivity index (χ0v) is 21.0. The van der Waals surface area contributed by atoms with Crippen molar-refractivity contribution in [2.45, 2.75) is 0 Å². The van der Waals surface area contributed by atoms with Crippen LogP contribution in [0.25, 0.3) is 25.3 Å². The van der Waals surface area contributed by atoms with Gasteiger partial charge in [0.1, 0.15) is 0 Å². The average molecular weight is 543 g/mol. The van der Waals surface area contributed by atoms with Crippen LogP contribution in [0.2, 0.25) is 0 Å². The van der Waals surface area contributed by atoms with Crippen LogP contribution in [0.3, 0.4) is 0 Å². The van der Waals surface area contributed by atoms with Crippen LogP contribution >= 0.6 is 0 Å². The highest BCUT2D eigenvalue weighted by atomic mass is 16.2. The van der Waals surface area contributed by atoms with Gasteiger partial charge in [-0.3, -0.25) is 19.2 Å². The second-order valence-electron chi connectivity index (χ2n) is 9.06. The van der Waals surface area contributed by atoms with Gasteiger partial charge in [-0.15, -0.1) is 0 Å². The minimum atomic E-state index is -0.986. The van der Waals surface area contributed by atoms with Crippen molar-refractivity contribution in [2.75, 3.05) is 9.80 Å². The van der Waals surface area contributed by atoms with E-state index in [-0.39, 0.29) is 61.3 Å². The van der Waals surface area contributed by atoms with E-state index in [9.17, 15) is 24.4 Å². The monoisotopic (exact) mass is 543 g/mol. The number of benzene rings is 4. The molecule has 0 bridgehead atoms. The Morgan fingerprint density at radius 1 is 0.619 bits per heavy atom. The van der Waals surface area contributed by atoms with Crippen molar-refractivity contribution < 1.29 is 19.2 Å². The zero-order chi connectivity index (χ0) is 29.9. The first-order chi connectivity index (χ1) is 20.3. The van der Waals surface area contributed by atoms with E-state index in [1.807, 2.05) is 12.1 Å². The molecule has 4 amide bonds. The van der Waals surface area contributed by atoms with Crippen molar-refractivity contribution in [3.63, 3.8) is 0 Å². The molecule has 0 aliphatic carbocycles. The normalized spacial score (nSPS) is 13.2. The summed E-state index contributed by atoms with van der Waals surface area (Å²) in [5.74, 6) is -3.76. The Bertz CT molecular complexity index is 2220. The molecule has 192 valence electrons. The summed E-state index contributed by atoms with van der Waals surface area (Å²) >= 11 is 0. The summed E-state index contributed by atoms with van der Waals surface area (Å²) in [5.41, 5.74) is -1.86. The number of amides is 4. The molecule has 0 atom stereocenters. The molecule has 0 aromatic heterocycles. The fourth-order valence-electron chi connectivity index (χ4n) is 5.25. The smallest absolute Gasteiger partial charge is 0.266 e. The first-order valence-electron chi connectivity index (χ1n) is 11.9. The third-order valence-electron chi connectivity index (χ3n) is 7.05. The minimum absolute atomic E-state index is 0.0564. The van der Waals surface area contributed by atoms with E-state index < -0.39 is 34.9 Å². The lowest BCUT2D eigenvalue weighted by Gasteiger charge is -2.34. The number of carbonyl (C=O) groups excluding carboxylic acids is 4. The Hall–Kier alpha value is -7.13. The van der Waals surface area contributed by atoms with Crippen LogP contribution in [0.15, 0.2) is 54.6 Å². The average Bonchev–Trinajstić information content (AvgIpc) is 3.02. The first-order valence-corrected chi connectivity index (χ1v) is 11.9. The van der Waals surface area contributed by atoms with Crippen molar-refractivity contribution in [1.82, 2.24) is 0 Å². The van der Waals surface area contributed by atoms with Gasteiger partial charge in [0.25, 0.3) is 23.6 Å². The van der Waals surface area contributed by atoms with Crippen LogP contribution in [0.1, 0.15) is 52.6 Å². The van der Waals surface area contributed by atoms with Crippen LogP contribution < -0.4 is 9.80 Å². The van der Waals surface area contributed by atoms with Crippen LogP contribution in [-0.4, -0.2) is 23.6 Å². The summed E-state index contributed by atoms with van der Waals surface area (Å²) in [6.07, 6.45) is 0. The molecule has 4 aromatic rings. The number of rotatable bonds is 2. The number of imide groups is 2. The lowest BCUT2D eigenvalue weighted by atomic mass is 9.81. The maximum atomic E-state index is 14.0. The molecule has 0 unspecified atom stereocenters. The Morgan fingerprint density at radius 2 is 1.19 bits per heavy atom. The second-order valence-corrected chi connectivity index (χ2v) is 9.06. The zero-order valence-electron chi connectivity index (χ0n) is 21.0. The predicted molar refractivity (Wildman–Crippen MR) is 147 cm³/mol. The maximum Gasteiger partial charge on any atom is 0.266 e. The van der Waals surface area contributed by atoms with Crippen LogP contribution in [-0.2, 0) is 0 Å². The highest BCUT2D eigenvalue weighted by Crippen LogP contribution is 2.49. The molecular weight excluding hydrogens is 534 g/mol. The molecule has 11 nitrogen and oxygen atoms in total. The summed E-state index contributed by atoms with van der Waals surface area (Å²) in [6.45, 7) is 22.8. The largest absolute Gasteiger partial charge is 0.270 e. The van der Waals surface area contributed by atoms with Gasteiger partial charge >= 0.3 is 0 Å². The van der Waals surface area contributed by atoms with Gasteiger partial charge in [-0.1, -0.05) is 12.1 Å². The van der Waals surface area contributed by atoms with Gasteiger partial charge in [0.15, 0.2) is 5.69 Å². The summed E-state index contributed by atoms with van der Waals surface area (Å²) in [4.78, 5) is 67.3. The van der Waals surface area contributed by atoms with Crippen LogP contribution in [0, 0.1) is 42.4 Å². The molecule has 0 saturated heterocycles. The van der Waals surface area contributed by atoms with Crippen LogP contribution in [0.4, 0.5) is 28.4 Å². The highest BCUT2D eigenvalue weighted by Gasteiger charge is 2.45. The quantitative estimate of drug-likeness (QED) is 0.230. The van der Waals surface area contributed by atoms with Crippen molar-refractivity contribution >= 4 is 62.8 Å². The van der Waals surface area contributed by atoms with E-state index in [1.165, 1.54) is 48.5 Å². The lowest BCUT2D eigenvalue weighted by Crippen LogP contribution is -2.44. The van der Waals surface area contributed by atoms with E-state index in [4.69, 9.17) is 25.0 Å². The molecule has 0 saturated carbocycles. The number of nitrogens with zero attached hydrogens (tertiary/aromatic N) is 7. The summed E-state index contributed by atoms with van der Waals surface area (Å²) in [7, 11) is 0. The Kier molecular flexibility index (Phi) is 5.37. The molecule has 11 heteroatoms. The Morgan fingerprint density at radius 3 is 1.74 bits per heavy atom. The summed E-state index contributed by atoms with van der Waals surface area (Å²) < 4.78 is 0. The second kappa shape index (κ2) is 8.97. The van der Waals surface area contributed by atoms with Gasteiger partial charge in [0.2, 0.25) is 11.4 Å². The Labute approximate surface area is 236 Å². The molecule has 42 heavy (non-hydrogen) atoms. The highest BCUT2D eigenvalue weighted by molar-refractivity contribution is 6.45. The maximum absolute atomic E-state index is 14.0. The van der Waals surface area contributed by atoms with Crippen molar-refractivity contribution in [2.24, 2.45) is 0 Å². The number of nitriles is 2. The standard InChI is InChI=1S/C31H9N7O4/c1-34-16-6-10-18(11-7-16)38-30(41)24-21(35-2)12-19-22-23(20(14-33)27(36-3)26(25(22)24)31(38)42)29(40)37(28(19)39)17-8-4-15(13-32)5-9-17/h4-12H. The van der Waals surface area contributed by atoms with E-state index in [0.29, 0.717) is 0 Å². The molecule has 4 aromatic carbocycles. The van der Waals surface area contributed by atoms with E-state index >= 15 is 0 Å². The molecule has 0 fully saturated rings. The fraction of sp³-hybridized carbons (Fsp3) is 0. The molecule has 0 radical (unpaired) electrons. The Balaban J connectivity index is 1.72. The van der Waals surface area contributed by atoms with E-state index in [1.54, 1.807) is 0 Å². The van der Waals surface area contributed by atoms with Gasteiger partial charge in [-0.25, -0.2) is 24.3 Å². The third kappa shape index (κ3) is 3.15. The van der Waals surface area contributed by atoms with Gasteiger partial charge in [-0.2, -0.15) is 10.5 Å². The number of carbonyl (C=O) groups is 4. The summed E-state index contributed by atoms with van der Waals surface area (Å²) in [6, 6.07) is 15.9. The van der Waals surface area contributed by atoms with Gasteiger partial charge in [0, 0.05) is 16.6 Å². The SMILES string of the molecule is [C-]#[N+]c1ccc(N2C(=O)c3c([N+]#[C-])cc4c5c(c(C#N)c([N+]#[C-])c(c35)C2=O)C(=O)N(c2ccc(C#N)cc2)C4=O)cc1. The van der Waals surface area contributed by atoms with Crippen LogP contribution in [0.5, 0.6) is 0 Å². The molecule has 6 rings (SSSR count). The van der Waals surface area contributed by atoms with Crippen molar-refractivity contribution in [3.8, 4) is 12.1 Å². The van der Waals surface area contributed by atoms with Gasteiger partial charge in [-0.05, 0) is 47.9 Å². The lowest BCUT2D eigenvalue weighted by molar-refractivity contribution is 0.0873. The van der Waals surface area contributed by atoms with Crippen molar-refractivity contribution in [1.29, 1.82) is 10.5 Å². The molecule has 2 aliphatic heterocycles. The van der Waals surface area contributed by atoms with Crippen molar-refractivity contribution in [3.05, 3.63) is 122 Å². The minimum Gasteiger partial charge on any atom is -0.270 e. The van der Waals surface area contributed by atoms with E-state index in [2.05, 4.69) is 14.5 Å². The van der Waals surface area contributed by atoms with Gasteiger partial charge < -0.3 is 0 Å². The number of hydrogen-bond acceptors (Lipinski definition) is 6. The van der Waals surface area contributed by atoms with E-state index in [0.717, 1.165) is 15.9 Å². The topological polar surface area (TPSA) is 135 Å². The fourth-order valence-corrected chi connectivity index (χ4v) is 5.25. The first kappa shape index (κ1) is 25.2. The van der Waals surface area contributed by atoms with Gasteiger partial charge in [0.05, 0.1) is 65.4 Å². The number of anilines is 2. The predicted octanol–water partition coefficient (Wildman–Crippen LogP) is 5.84. The molecule has 0 N–H and O–H groups in total. The summed E-state index contributed by atoms with van der Waals surface area (Å²) in [5, 5.41) is 18.9. The third-order valence-corrected chi connectivity index (χ3v) is 7.05. The molecule has 2 heterocycles. The molecule has 2 aliphatic rings. The molecular formula is C31H9N7O4. The number of hydrogen-bond donors (Lipinski definition) is 0.